The molecule has 0 aliphatic heterocycles. The lowest BCUT2D eigenvalue weighted by atomic mass is 9.99. The fourth-order valence-corrected chi connectivity index (χ4v) is 3.48. The van der Waals surface area contributed by atoms with Gasteiger partial charge in [0.2, 0.25) is 0 Å². The summed E-state index contributed by atoms with van der Waals surface area (Å²) in [5, 5.41) is 12.7. The van der Waals surface area contributed by atoms with E-state index in [-0.39, 0.29) is 5.57 Å². The number of nitrogens with one attached hydrogen (secondary N) is 1. The van der Waals surface area contributed by atoms with Gasteiger partial charge in [-0.15, -0.1) is 0 Å². The molecule has 0 saturated heterocycles. The minimum absolute atomic E-state index is 0.0204. The van der Waals surface area contributed by atoms with E-state index in [0.717, 1.165) is 12.0 Å². The lowest BCUT2D eigenvalue weighted by molar-refractivity contribution is -0.112. The van der Waals surface area contributed by atoms with Gasteiger partial charge in [-0.3, -0.25) is 4.79 Å². The summed E-state index contributed by atoms with van der Waals surface area (Å²) in [5.41, 5.74) is 6.01. The number of para-hydroxylation sites is 1. The van der Waals surface area contributed by atoms with Crippen LogP contribution < -0.4 is 5.32 Å². The maximum Gasteiger partial charge on any atom is 0.266 e. The average Bonchev–Trinajstić information content (AvgIpc) is 2.68. The Morgan fingerprint density at radius 3 is 2.34 bits per heavy atom. The van der Waals surface area contributed by atoms with Crippen molar-refractivity contribution in [1.29, 1.82) is 5.26 Å². The Bertz CT molecular complexity index is 1090. The molecule has 3 aromatic rings. The maximum absolute atomic E-state index is 12.4. The summed E-state index contributed by atoms with van der Waals surface area (Å²) in [6, 6.07) is 23.0. The standard InChI is InChI=1S/C25H21ClN2O/c1-17-10-18(2)12-20(11-17)14-21-9-8-19(15-24(21)26)13-22(16-27)25(29)28-23-6-4-3-5-7-23/h3-13,15H,14H2,1-2H3,(H,28,29)/b22-13+. The van der Waals surface area contributed by atoms with Gasteiger partial charge in [-0.2, -0.15) is 5.26 Å². The van der Waals surface area contributed by atoms with Crippen molar-refractivity contribution in [3.8, 4) is 6.07 Å². The molecule has 0 spiro atoms. The first-order chi connectivity index (χ1) is 13.9. The molecule has 0 heterocycles. The van der Waals surface area contributed by atoms with Gasteiger partial charge in [0.25, 0.3) is 5.91 Å². The Hall–Kier alpha value is -3.35. The molecule has 3 rings (SSSR count). The van der Waals surface area contributed by atoms with E-state index in [0.29, 0.717) is 16.3 Å². The number of anilines is 1. The Morgan fingerprint density at radius 2 is 1.72 bits per heavy atom. The molecule has 1 N–H and O–H groups in total. The molecule has 3 aromatic carbocycles. The third-order valence-electron chi connectivity index (χ3n) is 4.46. The molecule has 0 fully saturated rings. The number of rotatable bonds is 5. The molecular weight excluding hydrogens is 380 g/mol. The number of hydrogen-bond donors (Lipinski definition) is 1. The predicted molar refractivity (Wildman–Crippen MR) is 119 cm³/mol. The number of carbonyl (C=O) groups excluding carboxylic acids is 1. The molecular formula is C25H21ClN2O. The zero-order valence-corrected chi connectivity index (χ0v) is 17.1. The molecule has 0 aromatic heterocycles. The fraction of sp³-hybridized carbons (Fsp3) is 0.120. The minimum Gasteiger partial charge on any atom is -0.321 e. The number of nitriles is 1. The van der Waals surface area contributed by atoms with Crippen molar-refractivity contribution in [2.75, 3.05) is 5.32 Å². The summed E-state index contributed by atoms with van der Waals surface area (Å²) in [5.74, 6) is -0.450. The monoisotopic (exact) mass is 400 g/mol. The highest BCUT2D eigenvalue weighted by molar-refractivity contribution is 6.31. The van der Waals surface area contributed by atoms with E-state index >= 15 is 0 Å². The van der Waals surface area contributed by atoms with Crippen LogP contribution in [0.25, 0.3) is 6.08 Å². The van der Waals surface area contributed by atoms with E-state index in [4.69, 9.17) is 11.6 Å². The van der Waals surface area contributed by atoms with Crippen molar-refractivity contribution in [3.05, 3.63) is 105 Å². The summed E-state index contributed by atoms with van der Waals surface area (Å²) in [6.45, 7) is 4.16. The number of amides is 1. The second-order valence-corrected chi connectivity index (χ2v) is 7.42. The lowest BCUT2D eigenvalue weighted by Crippen LogP contribution is -2.13. The summed E-state index contributed by atoms with van der Waals surface area (Å²) >= 11 is 6.48. The Labute approximate surface area is 176 Å². The molecule has 0 bridgehead atoms. The highest BCUT2D eigenvalue weighted by Gasteiger charge is 2.10. The molecule has 0 aliphatic rings. The molecule has 1 amide bonds. The second kappa shape index (κ2) is 9.23. The number of halogens is 1. The Morgan fingerprint density at radius 1 is 1.03 bits per heavy atom. The fourth-order valence-electron chi connectivity index (χ4n) is 3.22. The highest BCUT2D eigenvalue weighted by Crippen LogP contribution is 2.23. The van der Waals surface area contributed by atoms with Crippen LogP contribution in [0, 0.1) is 25.2 Å². The third kappa shape index (κ3) is 5.57. The normalized spacial score (nSPS) is 11.0. The van der Waals surface area contributed by atoms with Gasteiger partial charge >= 0.3 is 0 Å². The molecule has 0 atom stereocenters. The number of carbonyl (C=O) groups is 1. The highest BCUT2D eigenvalue weighted by atomic mass is 35.5. The SMILES string of the molecule is Cc1cc(C)cc(Cc2ccc(/C=C(\C#N)C(=O)Nc3ccccc3)cc2Cl)c1. The minimum atomic E-state index is -0.450. The van der Waals surface area contributed by atoms with E-state index in [9.17, 15) is 10.1 Å². The Balaban J connectivity index is 1.79. The van der Waals surface area contributed by atoms with Crippen LogP contribution in [0.3, 0.4) is 0 Å². The van der Waals surface area contributed by atoms with Crippen LogP contribution in [-0.4, -0.2) is 5.91 Å². The van der Waals surface area contributed by atoms with Gasteiger partial charge in [0.15, 0.2) is 0 Å². The van der Waals surface area contributed by atoms with Gasteiger partial charge in [0.1, 0.15) is 11.6 Å². The van der Waals surface area contributed by atoms with E-state index in [1.54, 1.807) is 24.3 Å². The van der Waals surface area contributed by atoms with Crippen LogP contribution in [0.5, 0.6) is 0 Å². The quantitative estimate of drug-likeness (QED) is 0.416. The van der Waals surface area contributed by atoms with Gasteiger partial charge in [0, 0.05) is 10.7 Å². The van der Waals surface area contributed by atoms with Crippen molar-refractivity contribution >= 4 is 29.3 Å². The topological polar surface area (TPSA) is 52.9 Å². The van der Waals surface area contributed by atoms with Gasteiger partial charge < -0.3 is 5.32 Å². The first kappa shape index (κ1) is 20.4. The van der Waals surface area contributed by atoms with E-state index < -0.39 is 5.91 Å². The van der Waals surface area contributed by atoms with E-state index in [2.05, 4.69) is 37.4 Å². The molecule has 0 radical (unpaired) electrons. The average molecular weight is 401 g/mol. The van der Waals surface area contributed by atoms with Crippen LogP contribution >= 0.6 is 11.6 Å². The maximum atomic E-state index is 12.4. The predicted octanol–water partition coefficient (Wildman–Crippen LogP) is 6.09. The largest absolute Gasteiger partial charge is 0.321 e. The molecule has 3 nitrogen and oxygen atoms in total. The van der Waals surface area contributed by atoms with Crippen molar-refractivity contribution in [3.63, 3.8) is 0 Å². The molecule has 0 saturated carbocycles. The number of hydrogen-bond acceptors (Lipinski definition) is 2. The van der Waals surface area contributed by atoms with E-state index in [1.165, 1.54) is 16.7 Å². The van der Waals surface area contributed by atoms with Gasteiger partial charge in [-0.05, 0) is 61.2 Å². The van der Waals surface area contributed by atoms with Crippen LogP contribution in [0.1, 0.15) is 27.8 Å². The van der Waals surface area contributed by atoms with Crippen molar-refractivity contribution in [2.45, 2.75) is 20.3 Å². The molecule has 144 valence electrons. The van der Waals surface area contributed by atoms with Gasteiger partial charge in [-0.1, -0.05) is 71.3 Å². The van der Waals surface area contributed by atoms with Crippen LogP contribution in [0.2, 0.25) is 5.02 Å². The van der Waals surface area contributed by atoms with Gasteiger partial charge in [0.05, 0.1) is 0 Å². The second-order valence-electron chi connectivity index (χ2n) is 7.01. The number of benzene rings is 3. The van der Waals surface area contributed by atoms with Crippen LogP contribution in [0.15, 0.2) is 72.3 Å². The summed E-state index contributed by atoms with van der Waals surface area (Å²) in [7, 11) is 0. The summed E-state index contributed by atoms with van der Waals surface area (Å²) < 4.78 is 0. The van der Waals surface area contributed by atoms with E-state index in [1.807, 2.05) is 36.4 Å². The smallest absolute Gasteiger partial charge is 0.266 e. The third-order valence-corrected chi connectivity index (χ3v) is 4.81. The first-order valence-corrected chi connectivity index (χ1v) is 9.66. The van der Waals surface area contributed by atoms with Gasteiger partial charge in [-0.25, -0.2) is 0 Å². The van der Waals surface area contributed by atoms with Crippen molar-refractivity contribution in [1.82, 2.24) is 0 Å². The number of aryl methyl sites for hydroxylation is 2. The molecule has 0 aliphatic carbocycles. The summed E-state index contributed by atoms with van der Waals surface area (Å²) in [4.78, 5) is 12.4. The van der Waals surface area contributed by atoms with Crippen LogP contribution in [0.4, 0.5) is 5.69 Å². The zero-order valence-electron chi connectivity index (χ0n) is 16.4. The van der Waals surface area contributed by atoms with Crippen LogP contribution in [-0.2, 0) is 11.2 Å². The van der Waals surface area contributed by atoms with Crippen molar-refractivity contribution < 1.29 is 4.79 Å². The molecule has 29 heavy (non-hydrogen) atoms. The lowest BCUT2D eigenvalue weighted by Gasteiger charge is -2.08. The van der Waals surface area contributed by atoms with Crippen molar-refractivity contribution in [2.24, 2.45) is 0 Å². The zero-order chi connectivity index (χ0) is 20.8. The molecule has 4 heteroatoms. The summed E-state index contributed by atoms with van der Waals surface area (Å²) in [6.07, 6.45) is 2.27. The molecule has 0 unspecified atom stereocenters. The first-order valence-electron chi connectivity index (χ1n) is 9.28. The Kier molecular flexibility index (Phi) is 6.49. The number of nitrogens with zero attached hydrogens (tertiary/aromatic N) is 1.